The predicted molar refractivity (Wildman–Crippen MR) is 89.7 cm³/mol. The van der Waals surface area contributed by atoms with Crippen molar-refractivity contribution in [3.63, 3.8) is 0 Å². The van der Waals surface area contributed by atoms with E-state index in [0.717, 1.165) is 12.4 Å². The van der Waals surface area contributed by atoms with Crippen molar-refractivity contribution in [2.24, 2.45) is 5.92 Å². The second-order valence-electron chi connectivity index (χ2n) is 6.41. The zero-order valence-electron chi connectivity index (χ0n) is 14.2. The zero-order chi connectivity index (χ0) is 18.6. The molecule has 0 radical (unpaired) electrons. The van der Waals surface area contributed by atoms with Crippen LogP contribution >= 0.6 is 0 Å². The highest BCUT2D eigenvalue weighted by atomic mass is 32.2. The summed E-state index contributed by atoms with van der Waals surface area (Å²) in [6.07, 6.45) is 3.17. The average molecular weight is 370 g/mol. The Morgan fingerprint density at radius 2 is 1.80 bits per heavy atom. The van der Waals surface area contributed by atoms with E-state index in [1.807, 2.05) is 13.8 Å². The van der Waals surface area contributed by atoms with Gasteiger partial charge in [0.2, 0.25) is 10.0 Å². The number of nitrogens with zero attached hydrogens (tertiary/aromatic N) is 3. The van der Waals surface area contributed by atoms with Crippen LogP contribution in [0.1, 0.15) is 47.7 Å². The lowest BCUT2D eigenvalue weighted by Crippen LogP contribution is -2.47. The molecule has 0 saturated carbocycles. The molecule has 1 aliphatic heterocycles. The summed E-state index contributed by atoms with van der Waals surface area (Å²) in [6, 6.07) is -0.154. The summed E-state index contributed by atoms with van der Waals surface area (Å²) in [6.45, 7) is 4.45. The smallest absolute Gasteiger partial charge is 0.356 e. The minimum atomic E-state index is -3.26. The summed E-state index contributed by atoms with van der Waals surface area (Å²) in [7, 11) is -3.26. The van der Waals surface area contributed by atoms with E-state index in [1.54, 1.807) is 0 Å². The van der Waals surface area contributed by atoms with Crippen molar-refractivity contribution in [3.05, 3.63) is 23.8 Å². The van der Waals surface area contributed by atoms with E-state index in [0.29, 0.717) is 25.9 Å². The first-order valence-electron chi connectivity index (χ1n) is 8.03. The van der Waals surface area contributed by atoms with Crippen molar-refractivity contribution in [1.82, 2.24) is 19.6 Å². The summed E-state index contributed by atoms with van der Waals surface area (Å²) < 4.78 is 25.9. The number of aromatic nitrogens is 2. The van der Waals surface area contributed by atoms with Crippen LogP contribution in [0.4, 0.5) is 0 Å². The number of hydrogen-bond donors (Lipinski definition) is 2. The molecule has 2 heterocycles. The molecule has 9 nitrogen and oxygen atoms in total. The molecule has 0 unspecified atom stereocenters. The molecule has 2 N–H and O–H groups in total. The quantitative estimate of drug-likeness (QED) is 0.739. The van der Waals surface area contributed by atoms with Crippen molar-refractivity contribution < 1.29 is 23.1 Å². The van der Waals surface area contributed by atoms with Gasteiger partial charge in [-0.3, -0.25) is 4.79 Å². The third-order valence-electron chi connectivity index (χ3n) is 3.83. The second kappa shape index (κ2) is 7.87. The van der Waals surface area contributed by atoms with Crippen LogP contribution in [0.15, 0.2) is 12.4 Å². The lowest BCUT2D eigenvalue weighted by Gasteiger charge is -2.32. The monoisotopic (exact) mass is 370 g/mol. The third kappa shape index (κ3) is 5.20. The number of carbonyl (C=O) groups is 2. The molecular formula is C15H22N4O5S. The molecule has 2 rings (SSSR count). The van der Waals surface area contributed by atoms with Gasteiger partial charge in [-0.05, 0) is 18.8 Å². The number of carboxylic acid groups (broad SMARTS) is 1. The number of hydrogen-bond acceptors (Lipinski definition) is 6. The van der Waals surface area contributed by atoms with E-state index >= 15 is 0 Å². The van der Waals surface area contributed by atoms with Gasteiger partial charge in [-0.15, -0.1) is 0 Å². The van der Waals surface area contributed by atoms with Crippen LogP contribution in [0.3, 0.4) is 0 Å². The molecule has 1 fully saturated rings. The second-order valence-corrected chi connectivity index (χ2v) is 8.42. The number of amides is 1. The van der Waals surface area contributed by atoms with Crippen LogP contribution in [-0.4, -0.2) is 64.6 Å². The number of nitrogens with one attached hydrogen (secondary N) is 1. The summed E-state index contributed by atoms with van der Waals surface area (Å²) in [4.78, 5) is 30.3. The van der Waals surface area contributed by atoms with Crippen LogP contribution in [-0.2, 0) is 10.0 Å². The number of carboxylic acids is 1. The Morgan fingerprint density at radius 1 is 1.24 bits per heavy atom. The molecule has 0 atom stereocenters. The van der Waals surface area contributed by atoms with Gasteiger partial charge in [0.15, 0.2) is 5.69 Å². The fourth-order valence-corrected chi connectivity index (χ4v) is 4.44. The van der Waals surface area contributed by atoms with Crippen molar-refractivity contribution in [1.29, 1.82) is 0 Å². The molecular weight excluding hydrogens is 348 g/mol. The zero-order valence-corrected chi connectivity index (χ0v) is 15.0. The van der Waals surface area contributed by atoms with E-state index in [9.17, 15) is 18.0 Å². The SMILES string of the molecule is CC(C)CS(=O)(=O)N1CCC(NC(=O)c2cnc(C(=O)O)cn2)CC1. The third-order valence-corrected chi connectivity index (χ3v) is 6.07. The normalized spacial score (nSPS) is 16.8. The first kappa shape index (κ1) is 19.3. The van der Waals surface area contributed by atoms with E-state index in [1.165, 1.54) is 4.31 Å². The van der Waals surface area contributed by atoms with Crippen molar-refractivity contribution in [2.45, 2.75) is 32.7 Å². The highest BCUT2D eigenvalue weighted by molar-refractivity contribution is 7.89. The highest BCUT2D eigenvalue weighted by Gasteiger charge is 2.29. The maximum atomic E-state index is 12.2. The molecule has 1 aliphatic rings. The van der Waals surface area contributed by atoms with Gasteiger partial charge in [-0.1, -0.05) is 13.8 Å². The first-order chi connectivity index (χ1) is 11.7. The Balaban J connectivity index is 1.89. The van der Waals surface area contributed by atoms with Gasteiger partial charge in [0.25, 0.3) is 5.91 Å². The fraction of sp³-hybridized carbons (Fsp3) is 0.600. The standard InChI is InChI=1S/C15H22N4O5S/c1-10(2)9-25(23,24)19-5-3-11(4-6-19)18-14(20)12-7-17-13(8-16-12)15(21)22/h7-8,10-11H,3-6,9H2,1-2H3,(H,18,20)(H,21,22). The molecule has 0 bridgehead atoms. The largest absolute Gasteiger partial charge is 0.476 e. The van der Waals surface area contributed by atoms with Crippen LogP contribution in [0, 0.1) is 5.92 Å². The molecule has 0 aromatic carbocycles. The van der Waals surface area contributed by atoms with Crippen LogP contribution in [0.5, 0.6) is 0 Å². The van der Waals surface area contributed by atoms with Gasteiger partial charge in [0.05, 0.1) is 18.1 Å². The maximum Gasteiger partial charge on any atom is 0.356 e. The highest BCUT2D eigenvalue weighted by Crippen LogP contribution is 2.16. The molecule has 0 aliphatic carbocycles. The Kier molecular flexibility index (Phi) is 6.07. The van der Waals surface area contributed by atoms with Crippen molar-refractivity contribution >= 4 is 21.9 Å². The lowest BCUT2D eigenvalue weighted by atomic mass is 10.1. The van der Waals surface area contributed by atoms with Crippen LogP contribution in [0.2, 0.25) is 0 Å². The minimum absolute atomic E-state index is 0.0276. The molecule has 1 amide bonds. The Hall–Kier alpha value is -2.07. The van der Waals surface area contributed by atoms with E-state index in [4.69, 9.17) is 5.11 Å². The molecule has 1 saturated heterocycles. The Bertz CT molecular complexity index is 725. The predicted octanol–water partition coefficient (Wildman–Crippen LogP) is 0.355. The van der Waals surface area contributed by atoms with Gasteiger partial charge in [0, 0.05) is 19.1 Å². The van der Waals surface area contributed by atoms with Crippen LogP contribution < -0.4 is 5.32 Å². The summed E-state index contributed by atoms with van der Waals surface area (Å²) in [5.41, 5.74) is -0.208. The molecule has 25 heavy (non-hydrogen) atoms. The summed E-state index contributed by atoms with van der Waals surface area (Å²) >= 11 is 0. The number of carbonyl (C=O) groups excluding carboxylic acids is 1. The number of aromatic carboxylic acids is 1. The van der Waals surface area contributed by atoms with Gasteiger partial charge < -0.3 is 10.4 Å². The summed E-state index contributed by atoms with van der Waals surface area (Å²) in [5, 5.41) is 11.5. The van der Waals surface area contributed by atoms with Gasteiger partial charge in [0.1, 0.15) is 5.69 Å². The average Bonchev–Trinajstić information content (AvgIpc) is 2.54. The molecule has 1 aromatic heterocycles. The molecule has 10 heteroatoms. The van der Waals surface area contributed by atoms with Crippen molar-refractivity contribution in [2.75, 3.05) is 18.8 Å². The molecule has 1 aromatic rings. The minimum Gasteiger partial charge on any atom is -0.476 e. The van der Waals surface area contributed by atoms with E-state index < -0.39 is 21.9 Å². The van der Waals surface area contributed by atoms with E-state index in [-0.39, 0.29) is 29.1 Å². The fourth-order valence-electron chi connectivity index (χ4n) is 2.62. The Morgan fingerprint density at radius 3 is 2.28 bits per heavy atom. The Labute approximate surface area is 146 Å². The van der Waals surface area contributed by atoms with Crippen LogP contribution in [0.25, 0.3) is 0 Å². The molecule has 138 valence electrons. The van der Waals surface area contributed by atoms with Crippen molar-refractivity contribution in [3.8, 4) is 0 Å². The lowest BCUT2D eigenvalue weighted by molar-refractivity contribution is 0.0688. The first-order valence-corrected chi connectivity index (χ1v) is 9.64. The summed E-state index contributed by atoms with van der Waals surface area (Å²) in [5.74, 6) is -1.48. The maximum absolute atomic E-state index is 12.2. The van der Waals surface area contributed by atoms with Gasteiger partial charge >= 0.3 is 5.97 Å². The number of piperidine rings is 1. The number of sulfonamides is 1. The topological polar surface area (TPSA) is 130 Å². The van der Waals surface area contributed by atoms with Gasteiger partial charge in [-0.25, -0.2) is 27.5 Å². The van der Waals surface area contributed by atoms with Gasteiger partial charge in [-0.2, -0.15) is 0 Å². The van der Waals surface area contributed by atoms with E-state index in [2.05, 4.69) is 15.3 Å². The molecule has 0 spiro atoms. The number of rotatable bonds is 6.